The van der Waals surface area contributed by atoms with E-state index in [4.69, 9.17) is 34.0 Å². The molecule has 4 nitrogen and oxygen atoms in total. The fourth-order valence-corrected chi connectivity index (χ4v) is 2.67. The molecule has 0 spiro atoms. The van der Waals surface area contributed by atoms with Gasteiger partial charge in [0.2, 0.25) is 0 Å². The predicted molar refractivity (Wildman–Crippen MR) is 76.0 cm³/mol. The molecule has 0 atom stereocenters. The lowest BCUT2D eigenvalue weighted by Gasteiger charge is -2.17. The Bertz CT molecular complexity index is 502. The maximum absolute atomic E-state index is 10.8. The number of benzene rings is 1. The van der Waals surface area contributed by atoms with E-state index in [2.05, 4.69) is 5.32 Å². The zero-order valence-electron chi connectivity index (χ0n) is 10.4. The topological polar surface area (TPSA) is 75.3 Å². The van der Waals surface area contributed by atoms with Gasteiger partial charge >= 0.3 is 6.09 Å². The van der Waals surface area contributed by atoms with Crippen molar-refractivity contribution in [1.82, 2.24) is 5.32 Å². The summed E-state index contributed by atoms with van der Waals surface area (Å²) in [5.41, 5.74) is 7.07. The van der Waals surface area contributed by atoms with Gasteiger partial charge in [0.05, 0.1) is 10.0 Å². The highest BCUT2D eigenvalue weighted by atomic mass is 35.5. The maximum atomic E-state index is 10.8. The van der Waals surface area contributed by atoms with Crippen LogP contribution in [0.4, 0.5) is 4.79 Å². The number of carboxylic acid groups (broad SMARTS) is 1. The third kappa shape index (κ3) is 3.53. The molecule has 4 N–H and O–H groups in total. The quantitative estimate of drug-likeness (QED) is 0.783. The number of amides is 1. The van der Waals surface area contributed by atoms with Crippen LogP contribution in [0.2, 0.25) is 10.0 Å². The molecule has 104 valence electrons. The molecule has 1 aliphatic carbocycles. The SMILES string of the molecule is NCCc1cc(Cl)c(Cl)c(CC2(NC(=O)O)CC2)c1. The molecule has 6 heteroatoms. The summed E-state index contributed by atoms with van der Waals surface area (Å²) in [6.45, 7) is 0.538. The Hall–Kier alpha value is -0.970. The molecule has 1 amide bonds. The van der Waals surface area contributed by atoms with Crippen LogP contribution in [0.1, 0.15) is 24.0 Å². The van der Waals surface area contributed by atoms with Crippen LogP contribution in [0.25, 0.3) is 0 Å². The summed E-state index contributed by atoms with van der Waals surface area (Å²) in [7, 11) is 0. The molecular weight excluding hydrogens is 287 g/mol. The number of halogens is 2. The number of nitrogens with one attached hydrogen (secondary N) is 1. The van der Waals surface area contributed by atoms with Crippen LogP contribution in [-0.2, 0) is 12.8 Å². The minimum atomic E-state index is -1.00. The first kappa shape index (κ1) is 14.4. The number of hydrogen-bond donors (Lipinski definition) is 3. The van der Waals surface area contributed by atoms with Crippen molar-refractivity contribution in [2.75, 3.05) is 6.54 Å². The largest absolute Gasteiger partial charge is 0.465 e. The number of nitrogens with two attached hydrogens (primary N) is 1. The Morgan fingerprint density at radius 3 is 2.63 bits per heavy atom. The van der Waals surface area contributed by atoms with Gasteiger partial charge in [-0.25, -0.2) is 4.79 Å². The van der Waals surface area contributed by atoms with Crippen LogP contribution in [0, 0.1) is 0 Å². The van der Waals surface area contributed by atoms with E-state index in [-0.39, 0.29) is 5.54 Å². The second kappa shape index (κ2) is 5.57. The van der Waals surface area contributed by atoms with Gasteiger partial charge in [0.25, 0.3) is 0 Å². The summed E-state index contributed by atoms with van der Waals surface area (Å²) in [6.07, 6.45) is 1.94. The fraction of sp³-hybridized carbons (Fsp3) is 0.462. The van der Waals surface area contributed by atoms with Gasteiger partial charge in [-0.05, 0) is 49.4 Å². The molecule has 0 unspecified atom stereocenters. The van der Waals surface area contributed by atoms with E-state index in [0.717, 1.165) is 30.4 Å². The molecule has 1 saturated carbocycles. The van der Waals surface area contributed by atoms with Crippen LogP contribution < -0.4 is 11.1 Å². The number of carbonyl (C=O) groups is 1. The molecule has 0 bridgehead atoms. The average Bonchev–Trinajstić information content (AvgIpc) is 3.04. The lowest BCUT2D eigenvalue weighted by molar-refractivity contribution is 0.188. The van der Waals surface area contributed by atoms with Crippen LogP contribution in [0.15, 0.2) is 12.1 Å². The van der Waals surface area contributed by atoms with Crippen molar-refractivity contribution in [2.24, 2.45) is 5.73 Å². The van der Waals surface area contributed by atoms with Gasteiger partial charge in [-0.3, -0.25) is 0 Å². The van der Waals surface area contributed by atoms with Crippen molar-refractivity contribution >= 4 is 29.3 Å². The lowest BCUT2D eigenvalue weighted by atomic mass is 10.0. The first-order chi connectivity index (χ1) is 8.96. The third-order valence-electron chi connectivity index (χ3n) is 3.35. The standard InChI is InChI=1S/C13H16Cl2N2O2/c14-10-6-8(1-4-16)5-9(11(10)15)7-13(2-3-13)17-12(18)19/h5-6,17H,1-4,7,16H2,(H,18,19). The number of rotatable bonds is 5. The second-order valence-corrected chi connectivity index (χ2v) is 5.76. The maximum Gasteiger partial charge on any atom is 0.405 e. The molecule has 0 heterocycles. The van der Waals surface area contributed by atoms with E-state index in [9.17, 15) is 4.79 Å². The monoisotopic (exact) mass is 302 g/mol. The van der Waals surface area contributed by atoms with E-state index in [1.165, 1.54) is 0 Å². The van der Waals surface area contributed by atoms with Crippen molar-refractivity contribution in [3.8, 4) is 0 Å². The molecule has 1 fully saturated rings. The minimum Gasteiger partial charge on any atom is -0.465 e. The summed E-state index contributed by atoms with van der Waals surface area (Å²) in [4.78, 5) is 10.8. The lowest BCUT2D eigenvalue weighted by Crippen LogP contribution is -2.37. The summed E-state index contributed by atoms with van der Waals surface area (Å²) < 4.78 is 0. The van der Waals surface area contributed by atoms with Crippen LogP contribution >= 0.6 is 23.2 Å². The first-order valence-corrected chi connectivity index (χ1v) is 6.89. The van der Waals surface area contributed by atoms with Gasteiger partial charge in [-0.15, -0.1) is 0 Å². The average molecular weight is 303 g/mol. The van der Waals surface area contributed by atoms with Gasteiger partial charge in [0.1, 0.15) is 0 Å². The molecule has 0 radical (unpaired) electrons. The predicted octanol–water partition coefficient (Wildman–Crippen LogP) is 2.84. The molecule has 1 aromatic carbocycles. The Labute approximate surface area is 121 Å². The molecule has 0 aliphatic heterocycles. The summed E-state index contributed by atoms with van der Waals surface area (Å²) in [6, 6.07) is 3.77. The fourth-order valence-electron chi connectivity index (χ4n) is 2.24. The molecule has 1 aliphatic rings. The van der Waals surface area contributed by atoms with Gasteiger partial charge in [0.15, 0.2) is 0 Å². The third-order valence-corrected chi connectivity index (χ3v) is 4.19. The van der Waals surface area contributed by atoms with Gasteiger partial charge in [-0.1, -0.05) is 29.3 Å². The Morgan fingerprint density at radius 2 is 2.11 bits per heavy atom. The van der Waals surface area contributed by atoms with E-state index in [1.807, 2.05) is 12.1 Å². The first-order valence-electron chi connectivity index (χ1n) is 6.14. The van der Waals surface area contributed by atoms with Gasteiger partial charge in [-0.2, -0.15) is 0 Å². The van der Waals surface area contributed by atoms with Crippen molar-refractivity contribution in [3.05, 3.63) is 33.3 Å². The van der Waals surface area contributed by atoms with E-state index >= 15 is 0 Å². The second-order valence-electron chi connectivity index (χ2n) is 4.98. The smallest absolute Gasteiger partial charge is 0.405 e. The molecule has 2 rings (SSSR count). The summed E-state index contributed by atoms with van der Waals surface area (Å²) in [5, 5.41) is 12.4. The van der Waals surface area contributed by atoms with Crippen molar-refractivity contribution in [3.63, 3.8) is 0 Å². The number of hydrogen-bond acceptors (Lipinski definition) is 2. The van der Waals surface area contributed by atoms with Crippen molar-refractivity contribution < 1.29 is 9.90 Å². The van der Waals surface area contributed by atoms with E-state index in [0.29, 0.717) is 23.0 Å². The van der Waals surface area contributed by atoms with Gasteiger partial charge < -0.3 is 16.2 Å². The van der Waals surface area contributed by atoms with Gasteiger partial charge in [0, 0.05) is 5.54 Å². The summed E-state index contributed by atoms with van der Waals surface area (Å²) in [5.74, 6) is 0. The van der Waals surface area contributed by atoms with E-state index < -0.39 is 6.09 Å². The summed E-state index contributed by atoms with van der Waals surface area (Å²) >= 11 is 12.3. The molecular formula is C13H16Cl2N2O2. The Morgan fingerprint density at radius 1 is 1.42 bits per heavy atom. The van der Waals surface area contributed by atoms with Crippen LogP contribution in [-0.4, -0.2) is 23.3 Å². The Kier molecular flexibility index (Phi) is 4.23. The molecule has 0 saturated heterocycles. The van der Waals surface area contributed by atoms with Crippen LogP contribution in [0.5, 0.6) is 0 Å². The molecule has 1 aromatic rings. The molecule has 19 heavy (non-hydrogen) atoms. The highest BCUT2D eigenvalue weighted by Gasteiger charge is 2.44. The van der Waals surface area contributed by atoms with Crippen molar-refractivity contribution in [1.29, 1.82) is 0 Å². The minimum absolute atomic E-state index is 0.375. The molecule has 0 aromatic heterocycles. The normalized spacial score (nSPS) is 16.2. The van der Waals surface area contributed by atoms with Crippen molar-refractivity contribution in [2.45, 2.75) is 31.2 Å². The highest BCUT2D eigenvalue weighted by Crippen LogP contribution is 2.41. The zero-order valence-corrected chi connectivity index (χ0v) is 11.9. The Balaban J connectivity index is 2.22. The van der Waals surface area contributed by atoms with Crippen LogP contribution in [0.3, 0.4) is 0 Å². The zero-order chi connectivity index (χ0) is 14.0. The van der Waals surface area contributed by atoms with E-state index in [1.54, 1.807) is 0 Å². The highest BCUT2D eigenvalue weighted by molar-refractivity contribution is 6.42.